The zero-order chi connectivity index (χ0) is 21.1. The number of carbonyl (C=O) groups is 3. The van der Waals surface area contributed by atoms with Crippen molar-refractivity contribution in [1.29, 1.82) is 0 Å². The molecule has 29 heavy (non-hydrogen) atoms. The highest BCUT2D eigenvalue weighted by molar-refractivity contribution is 5.98. The van der Waals surface area contributed by atoms with E-state index in [1.165, 1.54) is 0 Å². The average molecular weight is 404 g/mol. The number of Topliss-reactive ketones (excluding diaryl/α,β-unsaturated/α-hetero) is 1. The fourth-order valence-corrected chi connectivity index (χ4v) is 3.46. The summed E-state index contributed by atoms with van der Waals surface area (Å²) in [6, 6.07) is 7.10. The number of ether oxygens (including phenoxy) is 2. The highest BCUT2D eigenvalue weighted by Crippen LogP contribution is 2.20. The third-order valence-corrected chi connectivity index (χ3v) is 5.15. The van der Waals surface area contributed by atoms with E-state index in [-0.39, 0.29) is 36.4 Å². The summed E-state index contributed by atoms with van der Waals surface area (Å²) in [7, 11) is 0. The number of nitrogens with zero attached hydrogens (tertiary/aromatic N) is 1. The Morgan fingerprint density at radius 2 is 1.83 bits per heavy atom. The molecule has 0 saturated carbocycles. The average Bonchev–Trinajstić information content (AvgIpc) is 2.75. The van der Waals surface area contributed by atoms with Crippen molar-refractivity contribution in [3.05, 3.63) is 29.8 Å². The number of amides is 1. The smallest absolute Gasteiger partial charge is 0.310 e. The van der Waals surface area contributed by atoms with Gasteiger partial charge in [0.05, 0.1) is 19.1 Å². The van der Waals surface area contributed by atoms with Gasteiger partial charge in [-0.1, -0.05) is 19.8 Å². The maximum atomic E-state index is 12.5. The van der Waals surface area contributed by atoms with Crippen molar-refractivity contribution in [3.63, 3.8) is 0 Å². The zero-order valence-corrected chi connectivity index (χ0v) is 17.7. The summed E-state index contributed by atoms with van der Waals surface area (Å²) in [6.45, 7) is 5.97. The Morgan fingerprint density at radius 3 is 2.52 bits per heavy atom. The molecular weight excluding hydrogens is 370 g/mol. The second kappa shape index (κ2) is 12.2. The predicted molar refractivity (Wildman–Crippen MR) is 111 cm³/mol. The minimum absolute atomic E-state index is 0.0603. The van der Waals surface area contributed by atoms with Gasteiger partial charge in [0.2, 0.25) is 5.91 Å². The highest BCUT2D eigenvalue weighted by Gasteiger charge is 2.29. The van der Waals surface area contributed by atoms with Crippen LogP contribution in [0.1, 0.15) is 69.2 Å². The number of hydrogen-bond acceptors (Lipinski definition) is 5. The van der Waals surface area contributed by atoms with Gasteiger partial charge in [-0.15, -0.1) is 0 Å². The van der Waals surface area contributed by atoms with Gasteiger partial charge < -0.3 is 14.4 Å². The van der Waals surface area contributed by atoms with E-state index in [0.717, 1.165) is 37.9 Å². The zero-order valence-electron chi connectivity index (χ0n) is 17.7. The molecule has 0 bridgehead atoms. The lowest BCUT2D eigenvalue weighted by atomic mass is 9.97. The molecule has 1 heterocycles. The molecule has 1 atom stereocenters. The van der Waals surface area contributed by atoms with E-state index in [1.54, 1.807) is 36.1 Å². The van der Waals surface area contributed by atoms with Gasteiger partial charge in [0, 0.05) is 31.5 Å². The van der Waals surface area contributed by atoms with Crippen LogP contribution < -0.4 is 4.74 Å². The molecule has 0 aromatic heterocycles. The number of rotatable bonds is 11. The van der Waals surface area contributed by atoms with Crippen molar-refractivity contribution in [1.82, 2.24) is 4.90 Å². The summed E-state index contributed by atoms with van der Waals surface area (Å²) in [5.41, 5.74) is 0.585. The van der Waals surface area contributed by atoms with Crippen LogP contribution in [0.25, 0.3) is 0 Å². The molecule has 1 saturated heterocycles. The Balaban J connectivity index is 1.77. The standard InChI is InChI=1S/C23H33NO5/c1-3-5-6-16-29-20-11-9-18(10-12-20)21(25)13-14-22(26)24-15-7-8-19(17-24)23(27)28-4-2/h9-12,19H,3-8,13-17H2,1-2H3. The van der Waals surface area contributed by atoms with Crippen molar-refractivity contribution < 1.29 is 23.9 Å². The molecular formula is C23H33NO5. The number of likely N-dealkylation sites (tertiary alicyclic amines) is 1. The third kappa shape index (κ3) is 7.52. The van der Waals surface area contributed by atoms with Gasteiger partial charge in [-0.3, -0.25) is 14.4 Å². The Kier molecular flexibility index (Phi) is 9.68. The number of ketones is 1. The number of esters is 1. The SMILES string of the molecule is CCCCCOc1ccc(C(=O)CCC(=O)N2CCCC(C(=O)OCC)C2)cc1. The van der Waals surface area contributed by atoms with Gasteiger partial charge in [0.25, 0.3) is 0 Å². The fourth-order valence-electron chi connectivity index (χ4n) is 3.46. The van der Waals surface area contributed by atoms with Crippen LogP contribution >= 0.6 is 0 Å². The van der Waals surface area contributed by atoms with E-state index >= 15 is 0 Å². The van der Waals surface area contributed by atoms with Crippen molar-refractivity contribution in [2.45, 2.75) is 58.8 Å². The molecule has 1 fully saturated rings. The topological polar surface area (TPSA) is 72.9 Å². The van der Waals surface area contributed by atoms with Crippen LogP contribution in [0.2, 0.25) is 0 Å². The van der Waals surface area contributed by atoms with Crippen molar-refractivity contribution in [2.24, 2.45) is 5.92 Å². The molecule has 2 rings (SSSR count). The molecule has 1 aromatic carbocycles. The number of piperidine rings is 1. The Labute approximate surface area is 173 Å². The Hall–Kier alpha value is -2.37. The first-order valence-corrected chi connectivity index (χ1v) is 10.8. The van der Waals surface area contributed by atoms with Gasteiger partial charge in [-0.05, 0) is 50.5 Å². The van der Waals surface area contributed by atoms with Crippen LogP contribution in [-0.4, -0.2) is 48.9 Å². The van der Waals surface area contributed by atoms with Gasteiger partial charge in [0.1, 0.15) is 5.75 Å². The van der Waals surface area contributed by atoms with Gasteiger partial charge >= 0.3 is 5.97 Å². The Morgan fingerprint density at radius 1 is 1.07 bits per heavy atom. The molecule has 1 unspecified atom stereocenters. The van der Waals surface area contributed by atoms with Crippen LogP contribution in [0, 0.1) is 5.92 Å². The summed E-state index contributed by atoms with van der Waals surface area (Å²) in [6.07, 6.45) is 5.16. The van der Waals surface area contributed by atoms with Crippen LogP contribution in [0.4, 0.5) is 0 Å². The molecule has 1 amide bonds. The summed E-state index contributed by atoms with van der Waals surface area (Å²) < 4.78 is 10.7. The van der Waals surface area contributed by atoms with Gasteiger partial charge in [-0.2, -0.15) is 0 Å². The number of carbonyl (C=O) groups excluding carboxylic acids is 3. The lowest BCUT2D eigenvalue weighted by molar-refractivity contribution is -0.151. The predicted octanol–water partition coefficient (Wildman–Crippen LogP) is 4.02. The quantitative estimate of drug-likeness (QED) is 0.317. The van der Waals surface area contributed by atoms with Gasteiger partial charge in [0.15, 0.2) is 5.78 Å². The minimum atomic E-state index is -0.256. The first kappa shape index (κ1) is 22.9. The molecule has 0 aliphatic carbocycles. The molecule has 1 aliphatic rings. The maximum Gasteiger partial charge on any atom is 0.310 e. The van der Waals surface area contributed by atoms with Crippen molar-refractivity contribution in [3.8, 4) is 5.75 Å². The number of unbranched alkanes of at least 4 members (excludes halogenated alkanes) is 2. The summed E-state index contributed by atoms with van der Waals surface area (Å²) in [5.74, 6) is 0.122. The molecule has 0 radical (unpaired) electrons. The molecule has 1 aliphatic heterocycles. The van der Waals surface area contributed by atoms with E-state index < -0.39 is 0 Å². The van der Waals surface area contributed by atoms with Crippen LogP contribution in [0.3, 0.4) is 0 Å². The van der Waals surface area contributed by atoms with E-state index in [1.807, 2.05) is 0 Å². The first-order valence-electron chi connectivity index (χ1n) is 10.8. The second-order valence-corrected chi connectivity index (χ2v) is 7.43. The molecule has 6 nitrogen and oxygen atoms in total. The lowest BCUT2D eigenvalue weighted by Crippen LogP contribution is -2.42. The minimum Gasteiger partial charge on any atom is -0.494 e. The maximum absolute atomic E-state index is 12.5. The van der Waals surface area contributed by atoms with Crippen LogP contribution in [0.15, 0.2) is 24.3 Å². The number of hydrogen-bond donors (Lipinski definition) is 0. The highest BCUT2D eigenvalue weighted by atomic mass is 16.5. The molecule has 1 aromatic rings. The van der Waals surface area contributed by atoms with Crippen molar-refractivity contribution in [2.75, 3.05) is 26.3 Å². The second-order valence-electron chi connectivity index (χ2n) is 7.43. The summed E-state index contributed by atoms with van der Waals surface area (Å²) >= 11 is 0. The van der Waals surface area contributed by atoms with Gasteiger partial charge in [-0.25, -0.2) is 0 Å². The largest absolute Gasteiger partial charge is 0.494 e. The molecule has 0 N–H and O–H groups in total. The van der Waals surface area contributed by atoms with E-state index in [0.29, 0.717) is 31.9 Å². The summed E-state index contributed by atoms with van der Waals surface area (Å²) in [4.78, 5) is 38.5. The molecule has 6 heteroatoms. The third-order valence-electron chi connectivity index (χ3n) is 5.15. The van der Waals surface area contributed by atoms with E-state index in [4.69, 9.17) is 9.47 Å². The van der Waals surface area contributed by atoms with Crippen LogP contribution in [-0.2, 0) is 14.3 Å². The summed E-state index contributed by atoms with van der Waals surface area (Å²) in [5, 5.41) is 0. The van der Waals surface area contributed by atoms with Crippen molar-refractivity contribution >= 4 is 17.7 Å². The molecule has 0 spiro atoms. The van der Waals surface area contributed by atoms with E-state index in [2.05, 4.69) is 6.92 Å². The van der Waals surface area contributed by atoms with E-state index in [9.17, 15) is 14.4 Å². The first-order chi connectivity index (χ1) is 14.0. The molecule has 160 valence electrons. The lowest BCUT2D eigenvalue weighted by Gasteiger charge is -2.31. The Bertz CT molecular complexity index is 670. The number of benzene rings is 1. The fraction of sp³-hybridized carbons (Fsp3) is 0.609. The normalized spacial score (nSPS) is 16.3. The monoisotopic (exact) mass is 403 g/mol. The van der Waals surface area contributed by atoms with Crippen LogP contribution in [0.5, 0.6) is 5.75 Å².